The average molecular weight is 225 g/mol. The molecule has 1 unspecified atom stereocenters. The van der Waals surface area contributed by atoms with E-state index in [9.17, 15) is 8.78 Å². The lowest BCUT2D eigenvalue weighted by Crippen LogP contribution is -2.27. The Morgan fingerprint density at radius 3 is 2.86 bits per heavy atom. The molecule has 1 aliphatic rings. The number of hydrogen-bond donors (Lipinski definition) is 1. The minimum atomic E-state index is -2.64. The predicted molar refractivity (Wildman–Crippen MR) is 54.7 cm³/mol. The number of likely N-dealkylation sites (tertiary alicyclic amines) is 1. The van der Waals surface area contributed by atoms with Crippen LogP contribution in [0.25, 0.3) is 0 Å². The van der Waals surface area contributed by atoms with Crippen LogP contribution in [0.1, 0.15) is 19.8 Å². The molecule has 0 N–H and O–H groups in total. The third-order valence-corrected chi connectivity index (χ3v) is 2.96. The summed E-state index contributed by atoms with van der Waals surface area (Å²) in [7, 11) is 0. The van der Waals surface area contributed by atoms with Gasteiger partial charge in [0, 0.05) is 6.54 Å². The molecular formula is C9H17F2NOS. The van der Waals surface area contributed by atoms with Crippen LogP contribution in [0, 0.1) is 5.92 Å². The van der Waals surface area contributed by atoms with Gasteiger partial charge < -0.3 is 4.74 Å². The van der Waals surface area contributed by atoms with E-state index < -0.39 is 6.61 Å². The molecule has 1 fully saturated rings. The largest absolute Gasteiger partial charge is 0.345 e. The van der Waals surface area contributed by atoms with Crippen LogP contribution in [-0.4, -0.2) is 36.6 Å². The second kappa shape index (κ2) is 5.88. The molecule has 5 heteroatoms. The number of halogens is 2. The van der Waals surface area contributed by atoms with E-state index in [1.54, 1.807) is 0 Å². The van der Waals surface area contributed by atoms with E-state index in [4.69, 9.17) is 0 Å². The van der Waals surface area contributed by atoms with Crippen LogP contribution < -0.4 is 0 Å². The van der Waals surface area contributed by atoms with E-state index in [1.165, 1.54) is 0 Å². The van der Waals surface area contributed by atoms with Gasteiger partial charge in [0.05, 0.1) is 12.0 Å². The number of nitrogens with zero attached hydrogens (tertiary/aromatic N) is 1. The second-order valence-electron chi connectivity index (χ2n) is 3.67. The minimum Gasteiger partial charge on any atom is -0.323 e. The van der Waals surface area contributed by atoms with Gasteiger partial charge in [0.15, 0.2) is 0 Å². The highest BCUT2D eigenvalue weighted by atomic mass is 32.1. The van der Waals surface area contributed by atoms with Crippen molar-refractivity contribution in [2.24, 2.45) is 5.92 Å². The topological polar surface area (TPSA) is 12.5 Å². The van der Waals surface area contributed by atoms with Crippen molar-refractivity contribution in [1.29, 1.82) is 0 Å². The highest BCUT2D eigenvalue weighted by Gasteiger charge is 2.29. The monoisotopic (exact) mass is 225 g/mol. The molecule has 2 nitrogen and oxygen atoms in total. The van der Waals surface area contributed by atoms with Gasteiger partial charge in [-0.1, -0.05) is 6.92 Å². The fraction of sp³-hybridized carbons (Fsp3) is 1.00. The van der Waals surface area contributed by atoms with E-state index in [1.807, 2.05) is 0 Å². The predicted octanol–water partition coefficient (Wildman–Crippen LogP) is 2.21. The van der Waals surface area contributed by atoms with Crippen LogP contribution in [0.3, 0.4) is 0 Å². The summed E-state index contributed by atoms with van der Waals surface area (Å²) in [6.45, 7) is 1.42. The maximum Gasteiger partial charge on any atom is 0.345 e. The summed E-state index contributed by atoms with van der Waals surface area (Å²) >= 11 is 4.41. The molecule has 0 bridgehead atoms. The Morgan fingerprint density at radius 2 is 2.29 bits per heavy atom. The zero-order chi connectivity index (χ0) is 10.6. The van der Waals surface area contributed by atoms with E-state index in [0.717, 1.165) is 25.9 Å². The summed E-state index contributed by atoms with van der Waals surface area (Å²) < 4.78 is 27.9. The summed E-state index contributed by atoms with van der Waals surface area (Å²) in [4.78, 5) is 2.21. The van der Waals surface area contributed by atoms with Crippen molar-refractivity contribution < 1.29 is 13.5 Å². The van der Waals surface area contributed by atoms with Crippen LogP contribution in [0.5, 0.6) is 0 Å². The third kappa shape index (κ3) is 3.71. The van der Waals surface area contributed by atoms with Gasteiger partial charge in [0.2, 0.25) is 0 Å². The Morgan fingerprint density at radius 1 is 1.57 bits per heavy atom. The molecule has 0 aromatic carbocycles. The van der Waals surface area contributed by atoms with Crippen molar-refractivity contribution >= 4 is 12.6 Å². The Hall–Kier alpha value is 0.130. The SMILES string of the molecule is CCCN1CC(COC(F)F)C[C@H]1S. The van der Waals surface area contributed by atoms with E-state index >= 15 is 0 Å². The van der Waals surface area contributed by atoms with Gasteiger partial charge in [0.25, 0.3) is 0 Å². The van der Waals surface area contributed by atoms with Crippen molar-refractivity contribution in [1.82, 2.24) is 4.90 Å². The van der Waals surface area contributed by atoms with E-state index in [0.29, 0.717) is 0 Å². The zero-order valence-electron chi connectivity index (χ0n) is 8.33. The molecule has 0 saturated carbocycles. The highest BCUT2D eigenvalue weighted by molar-refractivity contribution is 7.80. The Balaban J connectivity index is 2.24. The van der Waals surface area contributed by atoms with Crippen LogP contribution in [0.2, 0.25) is 0 Å². The number of thiol groups is 1. The molecule has 1 heterocycles. The molecule has 0 radical (unpaired) electrons. The van der Waals surface area contributed by atoms with Gasteiger partial charge in [-0.05, 0) is 25.3 Å². The first-order valence-corrected chi connectivity index (χ1v) is 5.47. The van der Waals surface area contributed by atoms with E-state index in [-0.39, 0.29) is 17.9 Å². The van der Waals surface area contributed by atoms with E-state index in [2.05, 4.69) is 29.2 Å². The summed E-state index contributed by atoms with van der Waals surface area (Å²) in [5, 5.41) is 0.209. The fourth-order valence-corrected chi connectivity index (χ4v) is 2.34. The maximum atomic E-state index is 11.8. The average Bonchev–Trinajstić information content (AvgIpc) is 2.45. The maximum absolute atomic E-state index is 11.8. The molecule has 1 rings (SSSR count). The smallest absolute Gasteiger partial charge is 0.323 e. The summed E-state index contributed by atoms with van der Waals surface area (Å²) in [5.74, 6) is 0.207. The summed E-state index contributed by atoms with van der Waals surface area (Å²) in [6, 6.07) is 0. The molecule has 0 spiro atoms. The number of alkyl halides is 2. The van der Waals surface area contributed by atoms with Gasteiger partial charge >= 0.3 is 6.61 Å². The lowest BCUT2D eigenvalue weighted by atomic mass is 10.1. The first-order valence-electron chi connectivity index (χ1n) is 4.95. The van der Waals surface area contributed by atoms with Gasteiger partial charge in [-0.15, -0.1) is 0 Å². The molecule has 14 heavy (non-hydrogen) atoms. The van der Waals surface area contributed by atoms with Gasteiger partial charge in [-0.3, -0.25) is 4.90 Å². The van der Waals surface area contributed by atoms with Crippen LogP contribution >= 0.6 is 12.6 Å². The van der Waals surface area contributed by atoms with Gasteiger partial charge in [-0.25, -0.2) is 0 Å². The lowest BCUT2D eigenvalue weighted by Gasteiger charge is -2.18. The molecule has 0 aromatic rings. The quantitative estimate of drug-likeness (QED) is 0.720. The normalized spacial score (nSPS) is 28.9. The van der Waals surface area contributed by atoms with Crippen LogP contribution in [0.15, 0.2) is 0 Å². The third-order valence-electron chi connectivity index (χ3n) is 2.43. The first-order chi connectivity index (χ1) is 6.63. The molecule has 1 saturated heterocycles. The first kappa shape index (κ1) is 12.2. The number of rotatable bonds is 5. The molecule has 0 amide bonds. The Labute approximate surface area is 89.0 Å². The zero-order valence-corrected chi connectivity index (χ0v) is 9.22. The van der Waals surface area contributed by atoms with Crippen LogP contribution in [0.4, 0.5) is 8.78 Å². The fourth-order valence-electron chi connectivity index (χ4n) is 1.83. The van der Waals surface area contributed by atoms with Crippen molar-refractivity contribution in [2.75, 3.05) is 19.7 Å². The van der Waals surface area contributed by atoms with Crippen molar-refractivity contribution in [3.63, 3.8) is 0 Å². The number of hydrogen-bond acceptors (Lipinski definition) is 3. The molecule has 84 valence electrons. The Kier molecular flexibility index (Phi) is 5.12. The molecule has 2 atom stereocenters. The van der Waals surface area contributed by atoms with Gasteiger partial charge in [0.1, 0.15) is 0 Å². The summed E-state index contributed by atoms with van der Waals surface area (Å²) in [5.41, 5.74) is 0. The molecule has 0 aliphatic carbocycles. The lowest BCUT2D eigenvalue weighted by molar-refractivity contribution is -0.137. The van der Waals surface area contributed by atoms with Crippen molar-refractivity contribution in [2.45, 2.75) is 31.8 Å². The molecule has 1 aliphatic heterocycles. The molecular weight excluding hydrogens is 208 g/mol. The Bertz CT molecular complexity index is 171. The van der Waals surface area contributed by atoms with Crippen molar-refractivity contribution in [3.8, 4) is 0 Å². The second-order valence-corrected chi connectivity index (χ2v) is 4.27. The van der Waals surface area contributed by atoms with Crippen LogP contribution in [-0.2, 0) is 4.74 Å². The minimum absolute atomic E-state index is 0.148. The number of ether oxygens (including phenoxy) is 1. The van der Waals surface area contributed by atoms with Gasteiger partial charge in [-0.2, -0.15) is 21.4 Å². The standard InChI is InChI=1S/C9H17F2NOS/c1-2-3-12-5-7(4-8(12)14)6-13-9(10)11/h7-9,14H,2-6H2,1H3/t7?,8-/m1/s1. The summed E-state index contributed by atoms with van der Waals surface area (Å²) in [6.07, 6.45) is 1.91. The highest BCUT2D eigenvalue weighted by Crippen LogP contribution is 2.26. The molecule has 0 aromatic heterocycles. The van der Waals surface area contributed by atoms with Crippen molar-refractivity contribution in [3.05, 3.63) is 0 Å².